The lowest BCUT2D eigenvalue weighted by Crippen LogP contribution is -2.18. The first kappa shape index (κ1) is 25.0. The number of nitrogens with two attached hydrogens (primary N) is 1. The molecule has 0 radical (unpaired) electrons. The largest absolute Gasteiger partial charge is 0.399 e. The molecule has 0 aliphatic heterocycles. The number of carbonyl (C=O) groups excluding carboxylic acids is 2. The first-order valence-electron chi connectivity index (χ1n) is 10.1. The maximum Gasteiger partial charge on any atom is 0.257 e. The van der Waals surface area contributed by atoms with Gasteiger partial charge in [-0.05, 0) is 72.6 Å². The number of alkyl halides is 2. The minimum Gasteiger partial charge on any atom is -0.399 e. The number of rotatable bonds is 5. The van der Waals surface area contributed by atoms with Crippen LogP contribution in [0.1, 0.15) is 27.4 Å². The third-order valence-electron chi connectivity index (χ3n) is 5.56. The van der Waals surface area contributed by atoms with E-state index in [0.717, 1.165) is 5.56 Å². The van der Waals surface area contributed by atoms with Crippen LogP contribution in [0.4, 0.5) is 17.1 Å². The van der Waals surface area contributed by atoms with Crippen molar-refractivity contribution in [1.82, 2.24) is 0 Å². The minimum absolute atomic E-state index is 0.188. The highest BCUT2D eigenvalue weighted by Gasteiger charge is 2.67. The Labute approximate surface area is 221 Å². The maximum absolute atomic E-state index is 13.0. The van der Waals surface area contributed by atoms with Gasteiger partial charge in [0.2, 0.25) is 5.91 Å². The zero-order chi connectivity index (χ0) is 24.8. The monoisotopic (exact) mass is 555 g/mol. The highest BCUT2D eigenvalue weighted by Crippen LogP contribution is 2.65. The van der Waals surface area contributed by atoms with Crippen LogP contribution < -0.4 is 16.4 Å². The summed E-state index contributed by atoms with van der Waals surface area (Å²) < 4.78 is -1.32. The average molecular weight is 558 g/mol. The molecular weight excluding hydrogens is 540 g/mol. The summed E-state index contributed by atoms with van der Waals surface area (Å²) in [6, 6.07) is 14.7. The Morgan fingerprint density at radius 1 is 0.912 bits per heavy atom. The third kappa shape index (κ3) is 5.09. The molecule has 2 amide bonds. The van der Waals surface area contributed by atoms with Crippen molar-refractivity contribution in [2.75, 3.05) is 16.4 Å². The van der Waals surface area contributed by atoms with Crippen molar-refractivity contribution in [3.63, 3.8) is 0 Å². The van der Waals surface area contributed by atoms with E-state index in [9.17, 15) is 9.59 Å². The van der Waals surface area contributed by atoms with Crippen LogP contribution in [0, 0.1) is 12.8 Å². The molecule has 0 unspecified atom stereocenters. The van der Waals surface area contributed by atoms with Gasteiger partial charge in [0.1, 0.15) is 4.33 Å². The topological polar surface area (TPSA) is 84.2 Å². The van der Waals surface area contributed by atoms with E-state index in [1.807, 2.05) is 6.92 Å². The molecule has 0 spiro atoms. The number of hydrogen-bond donors (Lipinski definition) is 3. The highest BCUT2D eigenvalue weighted by atomic mass is 35.5. The van der Waals surface area contributed by atoms with Gasteiger partial charge in [-0.25, -0.2) is 0 Å². The van der Waals surface area contributed by atoms with Gasteiger partial charge in [0.25, 0.3) is 5.91 Å². The molecule has 0 bridgehead atoms. The molecule has 5 nitrogen and oxygen atoms in total. The number of benzene rings is 3. The molecule has 0 saturated heterocycles. The third-order valence-corrected chi connectivity index (χ3v) is 7.26. The summed E-state index contributed by atoms with van der Waals surface area (Å²) in [6.07, 6.45) is 0. The second-order valence-corrected chi connectivity index (χ2v) is 10.8. The minimum atomic E-state index is -1.32. The molecule has 4 rings (SSSR count). The number of nitrogens with one attached hydrogen (secondary N) is 2. The van der Waals surface area contributed by atoms with E-state index in [1.165, 1.54) is 12.1 Å². The van der Waals surface area contributed by atoms with Crippen molar-refractivity contribution in [3.05, 3.63) is 86.4 Å². The van der Waals surface area contributed by atoms with Crippen LogP contribution in [0.2, 0.25) is 15.1 Å². The lowest BCUT2D eigenvalue weighted by molar-refractivity contribution is -0.117. The first-order valence-corrected chi connectivity index (χ1v) is 12.0. The van der Waals surface area contributed by atoms with Gasteiger partial charge in [-0.2, -0.15) is 0 Å². The van der Waals surface area contributed by atoms with Crippen molar-refractivity contribution >= 4 is 86.9 Å². The number of aryl methyl sites for hydroxylation is 1. The van der Waals surface area contributed by atoms with Crippen molar-refractivity contribution in [2.45, 2.75) is 17.2 Å². The van der Waals surface area contributed by atoms with Gasteiger partial charge in [-0.1, -0.05) is 34.8 Å². The number of amides is 2. The molecule has 4 N–H and O–H groups in total. The van der Waals surface area contributed by atoms with Crippen LogP contribution >= 0.6 is 58.0 Å². The molecular formula is C24H18Cl5N3O2. The van der Waals surface area contributed by atoms with Crippen molar-refractivity contribution in [3.8, 4) is 0 Å². The number of hydrogen-bond acceptors (Lipinski definition) is 3. The van der Waals surface area contributed by atoms with Gasteiger partial charge in [-0.3, -0.25) is 9.59 Å². The molecule has 2 atom stereocenters. The van der Waals surface area contributed by atoms with E-state index in [-0.39, 0.29) is 10.6 Å². The second kappa shape index (κ2) is 9.48. The molecule has 1 fully saturated rings. The fourth-order valence-electron chi connectivity index (χ4n) is 3.84. The van der Waals surface area contributed by atoms with Crippen molar-refractivity contribution in [1.29, 1.82) is 0 Å². The standard InChI is InChI=1S/C24H18Cl5N3O2/c1-11-6-15(30)2-5-19(11)32-22(33)17-10-16(3-4-18(17)27)31-23(34)21-20(24(21,28)29)12-7-13(25)9-14(26)8-12/h2-10,20-21H,30H2,1H3,(H,31,34)(H,32,33)/t20-,21+/m1/s1. The van der Waals surface area contributed by atoms with E-state index in [2.05, 4.69) is 10.6 Å². The molecule has 34 heavy (non-hydrogen) atoms. The molecule has 1 aliphatic rings. The summed E-state index contributed by atoms with van der Waals surface area (Å²) >= 11 is 31.3. The van der Waals surface area contributed by atoms with Gasteiger partial charge in [0.15, 0.2) is 0 Å². The van der Waals surface area contributed by atoms with E-state index in [4.69, 9.17) is 63.7 Å². The van der Waals surface area contributed by atoms with Crippen molar-refractivity contribution in [2.24, 2.45) is 5.92 Å². The predicted octanol–water partition coefficient (Wildman–Crippen LogP) is 7.32. The first-order chi connectivity index (χ1) is 16.0. The molecule has 176 valence electrons. The van der Waals surface area contributed by atoms with Gasteiger partial charge in [-0.15, -0.1) is 23.2 Å². The molecule has 1 saturated carbocycles. The van der Waals surface area contributed by atoms with Crippen molar-refractivity contribution < 1.29 is 9.59 Å². The number of carbonyl (C=O) groups is 2. The Bertz CT molecular complexity index is 1290. The van der Waals surface area contributed by atoms with E-state index < -0.39 is 28.0 Å². The smallest absolute Gasteiger partial charge is 0.257 e. The van der Waals surface area contributed by atoms with Crippen LogP contribution in [-0.4, -0.2) is 16.1 Å². The Morgan fingerprint density at radius 3 is 2.24 bits per heavy atom. The average Bonchev–Trinajstić information content (AvgIpc) is 3.33. The number of halogens is 5. The Kier molecular flexibility index (Phi) is 6.96. The molecule has 1 aliphatic carbocycles. The lowest BCUT2D eigenvalue weighted by atomic mass is 10.1. The molecule has 0 aromatic heterocycles. The Hall–Kier alpha value is -2.15. The van der Waals surface area contributed by atoms with Crippen LogP contribution in [0.3, 0.4) is 0 Å². The zero-order valence-electron chi connectivity index (χ0n) is 17.6. The summed E-state index contributed by atoms with van der Waals surface area (Å²) in [5.41, 5.74) is 8.97. The Morgan fingerprint density at radius 2 is 1.59 bits per heavy atom. The molecule has 3 aromatic rings. The van der Waals surface area contributed by atoms with E-state index in [0.29, 0.717) is 32.7 Å². The molecule has 0 heterocycles. The SMILES string of the molecule is Cc1cc(N)ccc1NC(=O)c1cc(NC(=O)[C@@H]2[C@@H](c3cc(Cl)cc(Cl)c3)C2(Cl)Cl)ccc1Cl. The summed E-state index contributed by atoms with van der Waals surface area (Å²) in [5, 5.41) is 6.63. The number of anilines is 3. The predicted molar refractivity (Wildman–Crippen MR) is 141 cm³/mol. The summed E-state index contributed by atoms with van der Waals surface area (Å²) in [6.45, 7) is 1.83. The normalized spacial score (nSPS) is 18.3. The van der Waals surface area contributed by atoms with Crippen LogP contribution in [0.15, 0.2) is 54.6 Å². The summed E-state index contributed by atoms with van der Waals surface area (Å²) in [7, 11) is 0. The molecule has 10 heteroatoms. The fourth-order valence-corrected chi connectivity index (χ4v) is 5.41. The van der Waals surface area contributed by atoms with Crippen LogP contribution in [0.5, 0.6) is 0 Å². The van der Waals surface area contributed by atoms with Gasteiger partial charge < -0.3 is 16.4 Å². The highest BCUT2D eigenvalue weighted by molar-refractivity contribution is 6.53. The Balaban J connectivity index is 1.52. The quantitative estimate of drug-likeness (QED) is 0.227. The fraction of sp³-hybridized carbons (Fsp3) is 0.167. The molecule has 3 aromatic carbocycles. The summed E-state index contributed by atoms with van der Waals surface area (Å²) in [4.78, 5) is 25.8. The van der Waals surface area contributed by atoms with Crippen LogP contribution in [0.25, 0.3) is 0 Å². The van der Waals surface area contributed by atoms with E-state index in [1.54, 1.807) is 42.5 Å². The number of nitrogen functional groups attached to an aromatic ring is 1. The zero-order valence-corrected chi connectivity index (χ0v) is 21.4. The van der Waals surface area contributed by atoms with Gasteiger partial charge >= 0.3 is 0 Å². The summed E-state index contributed by atoms with van der Waals surface area (Å²) in [5.74, 6) is -2.07. The van der Waals surface area contributed by atoms with Gasteiger partial charge in [0, 0.05) is 33.0 Å². The van der Waals surface area contributed by atoms with Gasteiger partial charge in [0.05, 0.1) is 16.5 Å². The van der Waals surface area contributed by atoms with E-state index >= 15 is 0 Å². The van der Waals surface area contributed by atoms with Crippen LogP contribution in [-0.2, 0) is 4.79 Å². The second-order valence-electron chi connectivity index (χ2n) is 8.05. The lowest BCUT2D eigenvalue weighted by Gasteiger charge is -2.12. The maximum atomic E-state index is 13.0.